The first-order valence-electron chi connectivity index (χ1n) is 4.23. The van der Waals surface area contributed by atoms with Crippen LogP contribution >= 0.6 is 0 Å². The van der Waals surface area contributed by atoms with Crippen molar-refractivity contribution in [2.45, 2.75) is 19.8 Å². The molecule has 0 saturated heterocycles. The minimum atomic E-state index is 0.757. The van der Waals surface area contributed by atoms with E-state index < -0.39 is 0 Å². The van der Waals surface area contributed by atoms with Crippen LogP contribution in [0.25, 0.3) is 0 Å². The number of rotatable bonds is 2. The maximum atomic E-state index is 2.38. The molecule has 0 nitrogen and oxygen atoms in total. The standard InChI is InChI=1S/C10H14/c1-8(10-6-7-10)9-4-2-3-5-9/h2-5,8-10H,6-7H2,1H3. The lowest BCUT2D eigenvalue weighted by Gasteiger charge is -2.13. The van der Waals surface area contributed by atoms with E-state index in [1.54, 1.807) is 0 Å². The first kappa shape index (κ1) is 6.21. The highest BCUT2D eigenvalue weighted by molar-refractivity contribution is 5.19. The Morgan fingerprint density at radius 3 is 2.30 bits per heavy atom. The average molecular weight is 134 g/mol. The van der Waals surface area contributed by atoms with Crippen molar-refractivity contribution >= 4 is 0 Å². The second kappa shape index (κ2) is 2.26. The summed E-state index contributed by atoms with van der Waals surface area (Å²) in [6.07, 6.45) is 11.9. The molecule has 2 rings (SSSR count). The highest BCUT2D eigenvalue weighted by Gasteiger charge is 2.31. The molecule has 0 radical (unpaired) electrons. The highest BCUT2D eigenvalue weighted by atomic mass is 14.4. The molecular formula is C10H14. The van der Waals surface area contributed by atoms with Gasteiger partial charge in [-0.15, -0.1) is 0 Å². The first-order chi connectivity index (χ1) is 4.88. The molecule has 0 amide bonds. The van der Waals surface area contributed by atoms with Gasteiger partial charge in [-0.2, -0.15) is 0 Å². The van der Waals surface area contributed by atoms with Gasteiger partial charge in [-0.3, -0.25) is 0 Å². The van der Waals surface area contributed by atoms with Crippen LogP contribution in [0, 0.1) is 17.8 Å². The molecule has 1 atom stereocenters. The Bertz CT molecular complexity index is 160. The van der Waals surface area contributed by atoms with E-state index in [-0.39, 0.29) is 0 Å². The first-order valence-corrected chi connectivity index (χ1v) is 4.23. The van der Waals surface area contributed by atoms with Gasteiger partial charge in [0.2, 0.25) is 0 Å². The van der Waals surface area contributed by atoms with E-state index in [1.807, 2.05) is 0 Å². The van der Waals surface area contributed by atoms with Gasteiger partial charge >= 0.3 is 0 Å². The van der Waals surface area contributed by atoms with Crippen LogP contribution in [0.15, 0.2) is 24.3 Å². The van der Waals surface area contributed by atoms with E-state index in [2.05, 4.69) is 31.2 Å². The van der Waals surface area contributed by atoms with Crippen molar-refractivity contribution in [3.05, 3.63) is 24.3 Å². The minimum absolute atomic E-state index is 0.757. The molecule has 1 unspecified atom stereocenters. The molecule has 0 heterocycles. The molecule has 0 aliphatic heterocycles. The van der Waals surface area contributed by atoms with E-state index >= 15 is 0 Å². The normalized spacial score (nSPS) is 27.7. The van der Waals surface area contributed by atoms with Crippen molar-refractivity contribution in [2.75, 3.05) is 0 Å². The van der Waals surface area contributed by atoms with Crippen molar-refractivity contribution in [1.82, 2.24) is 0 Å². The summed E-state index contributed by atoms with van der Waals surface area (Å²) in [5, 5.41) is 0. The van der Waals surface area contributed by atoms with Crippen LogP contribution in [0.3, 0.4) is 0 Å². The lowest BCUT2D eigenvalue weighted by Crippen LogP contribution is -2.06. The number of hydrogen-bond donors (Lipinski definition) is 0. The fourth-order valence-corrected chi connectivity index (χ4v) is 1.74. The van der Waals surface area contributed by atoms with Gasteiger partial charge in [0.25, 0.3) is 0 Å². The number of allylic oxidation sites excluding steroid dienone is 4. The Morgan fingerprint density at radius 2 is 1.80 bits per heavy atom. The van der Waals surface area contributed by atoms with E-state index in [0.717, 1.165) is 17.8 Å². The second-order valence-corrected chi connectivity index (χ2v) is 3.54. The van der Waals surface area contributed by atoms with Crippen LogP contribution in [0.2, 0.25) is 0 Å². The van der Waals surface area contributed by atoms with Crippen molar-refractivity contribution in [3.63, 3.8) is 0 Å². The SMILES string of the molecule is CC(C1C=CC=C1)C1CC1. The monoisotopic (exact) mass is 134 g/mol. The zero-order valence-corrected chi connectivity index (χ0v) is 6.46. The van der Waals surface area contributed by atoms with Gasteiger partial charge in [-0.25, -0.2) is 0 Å². The quantitative estimate of drug-likeness (QED) is 0.544. The summed E-state index contributed by atoms with van der Waals surface area (Å²) in [6, 6.07) is 0. The fraction of sp³-hybridized carbons (Fsp3) is 0.600. The zero-order chi connectivity index (χ0) is 6.97. The molecule has 2 aliphatic carbocycles. The Hall–Kier alpha value is -0.520. The smallest absolute Gasteiger partial charge is 0.00189 e. The summed E-state index contributed by atoms with van der Waals surface area (Å²) in [5.41, 5.74) is 0. The fourth-order valence-electron chi connectivity index (χ4n) is 1.74. The zero-order valence-electron chi connectivity index (χ0n) is 6.46. The lowest BCUT2D eigenvalue weighted by molar-refractivity contribution is 0.442. The van der Waals surface area contributed by atoms with Crippen LogP contribution < -0.4 is 0 Å². The van der Waals surface area contributed by atoms with Crippen LogP contribution in [0.1, 0.15) is 19.8 Å². The average Bonchev–Trinajstić information content (AvgIpc) is 2.65. The van der Waals surface area contributed by atoms with Gasteiger partial charge in [0.1, 0.15) is 0 Å². The molecular weight excluding hydrogens is 120 g/mol. The maximum absolute atomic E-state index is 2.38. The highest BCUT2D eigenvalue weighted by Crippen LogP contribution is 2.41. The lowest BCUT2D eigenvalue weighted by atomic mass is 9.91. The predicted octanol–water partition coefficient (Wildman–Crippen LogP) is 2.77. The van der Waals surface area contributed by atoms with E-state index in [0.29, 0.717) is 0 Å². The van der Waals surface area contributed by atoms with Crippen LogP contribution in [0.4, 0.5) is 0 Å². The van der Waals surface area contributed by atoms with E-state index in [1.165, 1.54) is 12.8 Å². The predicted molar refractivity (Wildman–Crippen MR) is 43.7 cm³/mol. The molecule has 10 heavy (non-hydrogen) atoms. The summed E-state index contributed by atoms with van der Waals surface area (Å²) in [6.45, 7) is 2.38. The van der Waals surface area contributed by atoms with Crippen molar-refractivity contribution < 1.29 is 0 Å². The largest absolute Gasteiger partial charge is 0.0773 e. The molecule has 0 spiro atoms. The van der Waals surface area contributed by atoms with E-state index in [9.17, 15) is 0 Å². The molecule has 0 heteroatoms. The van der Waals surface area contributed by atoms with Gasteiger partial charge in [0.15, 0.2) is 0 Å². The summed E-state index contributed by atoms with van der Waals surface area (Å²) >= 11 is 0. The summed E-state index contributed by atoms with van der Waals surface area (Å²) in [4.78, 5) is 0. The Labute approximate surface area is 62.6 Å². The molecule has 54 valence electrons. The number of hydrogen-bond acceptors (Lipinski definition) is 0. The summed E-state index contributed by atoms with van der Waals surface area (Å²) < 4.78 is 0. The third-order valence-corrected chi connectivity index (χ3v) is 2.75. The maximum Gasteiger partial charge on any atom is -0.00189 e. The van der Waals surface area contributed by atoms with Crippen LogP contribution in [0.5, 0.6) is 0 Å². The minimum Gasteiger partial charge on any atom is -0.0773 e. The van der Waals surface area contributed by atoms with Gasteiger partial charge in [0, 0.05) is 0 Å². The van der Waals surface area contributed by atoms with E-state index in [4.69, 9.17) is 0 Å². The topological polar surface area (TPSA) is 0 Å². The van der Waals surface area contributed by atoms with Crippen molar-refractivity contribution in [3.8, 4) is 0 Å². The third-order valence-electron chi connectivity index (χ3n) is 2.75. The summed E-state index contributed by atoms with van der Waals surface area (Å²) in [5.74, 6) is 2.69. The molecule has 2 aliphatic rings. The second-order valence-electron chi connectivity index (χ2n) is 3.54. The molecule has 0 N–H and O–H groups in total. The Kier molecular flexibility index (Phi) is 1.40. The molecule has 0 bridgehead atoms. The molecule has 1 fully saturated rings. The molecule has 0 aromatic rings. The van der Waals surface area contributed by atoms with Crippen LogP contribution in [-0.4, -0.2) is 0 Å². The molecule has 0 aromatic heterocycles. The molecule has 1 saturated carbocycles. The Balaban J connectivity index is 1.97. The summed E-state index contributed by atoms with van der Waals surface area (Å²) in [7, 11) is 0. The Morgan fingerprint density at radius 1 is 1.20 bits per heavy atom. The van der Waals surface area contributed by atoms with Gasteiger partial charge < -0.3 is 0 Å². The van der Waals surface area contributed by atoms with Gasteiger partial charge in [0.05, 0.1) is 0 Å². The van der Waals surface area contributed by atoms with Gasteiger partial charge in [-0.1, -0.05) is 31.2 Å². The molecule has 0 aromatic carbocycles. The van der Waals surface area contributed by atoms with Crippen molar-refractivity contribution in [2.24, 2.45) is 17.8 Å². The van der Waals surface area contributed by atoms with Gasteiger partial charge in [-0.05, 0) is 30.6 Å². The third kappa shape index (κ3) is 1.03. The van der Waals surface area contributed by atoms with Crippen LogP contribution in [-0.2, 0) is 0 Å². The van der Waals surface area contributed by atoms with Crippen molar-refractivity contribution in [1.29, 1.82) is 0 Å².